The van der Waals surface area contributed by atoms with Gasteiger partial charge in [-0.2, -0.15) is 5.26 Å². The summed E-state index contributed by atoms with van der Waals surface area (Å²) in [6, 6.07) is 2.08. The molecule has 0 aromatic heterocycles. The molecular formula is C11H19NO3. The van der Waals surface area contributed by atoms with Crippen LogP contribution in [0.1, 0.15) is 32.1 Å². The Hall–Kier alpha value is -0.630. The third-order valence-electron chi connectivity index (χ3n) is 2.25. The Bertz CT molecular complexity index is 185. The van der Waals surface area contributed by atoms with E-state index in [1.807, 2.05) is 0 Å². The molecule has 0 aromatic rings. The molecule has 0 radical (unpaired) electrons. The van der Waals surface area contributed by atoms with Crippen LogP contribution in [0, 0.1) is 11.3 Å². The van der Waals surface area contributed by atoms with Gasteiger partial charge >= 0.3 is 0 Å². The molecule has 1 atom stereocenters. The molecule has 1 aliphatic rings. The van der Waals surface area contributed by atoms with E-state index in [2.05, 4.69) is 6.07 Å². The predicted molar refractivity (Wildman–Crippen MR) is 55.2 cm³/mol. The molecule has 1 fully saturated rings. The molecule has 0 aromatic carbocycles. The lowest BCUT2D eigenvalue weighted by molar-refractivity contribution is -0.169. The smallest absolute Gasteiger partial charge is 0.157 e. The molecule has 4 nitrogen and oxygen atoms in total. The van der Waals surface area contributed by atoms with Crippen molar-refractivity contribution in [3.05, 3.63) is 0 Å². The van der Waals surface area contributed by atoms with E-state index in [0.29, 0.717) is 26.2 Å². The maximum absolute atomic E-state index is 8.29. The van der Waals surface area contributed by atoms with Crippen LogP contribution < -0.4 is 0 Å². The summed E-state index contributed by atoms with van der Waals surface area (Å²) >= 11 is 0. The van der Waals surface area contributed by atoms with Crippen molar-refractivity contribution < 1.29 is 14.2 Å². The van der Waals surface area contributed by atoms with E-state index in [4.69, 9.17) is 19.5 Å². The zero-order valence-corrected chi connectivity index (χ0v) is 9.11. The summed E-state index contributed by atoms with van der Waals surface area (Å²) in [5.41, 5.74) is 0. The van der Waals surface area contributed by atoms with Crippen LogP contribution in [0.25, 0.3) is 0 Å². The second kappa shape index (κ2) is 8.66. The van der Waals surface area contributed by atoms with Crippen LogP contribution in [0.15, 0.2) is 0 Å². The van der Waals surface area contributed by atoms with Gasteiger partial charge in [0, 0.05) is 19.6 Å². The van der Waals surface area contributed by atoms with Crippen molar-refractivity contribution in [2.24, 2.45) is 0 Å². The standard InChI is InChI=1S/C11H19NO3/c12-6-2-4-7-13-9-10-15-11-5-1-3-8-14-11/h11H,1-5,7-10H2. The van der Waals surface area contributed by atoms with E-state index in [9.17, 15) is 0 Å². The van der Waals surface area contributed by atoms with Crippen molar-refractivity contribution >= 4 is 0 Å². The molecule has 86 valence electrons. The molecule has 1 unspecified atom stereocenters. The van der Waals surface area contributed by atoms with Gasteiger partial charge in [0.2, 0.25) is 0 Å². The average Bonchev–Trinajstić information content (AvgIpc) is 2.29. The maximum Gasteiger partial charge on any atom is 0.157 e. The summed E-state index contributed by atoms with van der Waals surface area (Å²) in [5, 5.41) is 8.29. The number of ether oxygens (including phenoxy) is 3. The van der Waals surface area contributed by atoms with Crippen LogP contribution >= 0.6 is 0 Å². The number of rotatable bonds is 7. The fourth-order valence-electron chi connectivity index (χ4n) is 1.44. The number of unbranched alkanes of at least 4 members (excludes halogenated alkanes) is 1. The van der Waals surface area contributed by atoms with E-state index >= 15 is 0 Å². The monoisotopic (exact) mass is 213 g/mol. The van der Waals surface area contributed by atoms with Crippen LogP contribution in [-0.4, -0.2) is 32.7 Å². The lowest BCUT2D eigenvalue weighted by Gasteiger charge is -2.22. The highest BCUT2D eigenvalue weighted by Crippen LogP contribution is 2.13. The van der Waals surface area contributed by atoms with E-state index in [-0.39, 0.29) is 6.29 Å². The molecule has 1 rings (SSSR count). The summed E-state index contributed by atoms with van der Waals surface area (Å²) in [5.74, 6) is 0. The van der Waals surface area contributed by atoms with Crippen LogP contribution in [0.3, 0.4) is 0 Å². The number of hydrogen-bond donors (Lipinski definition) is 0. The predicted octanol–water partition coefficient (Wildman–Crippen LogP) is 1.85. The summed E-state index contributed by atoms with van der Waals surface area (Å²) in [7, 11) is 0. The van der Waals surface area contributed by atoms with Crippen LogP contribution in [-0.2, 0) is 14.2 Å². The molecule has 0 amide bonds. The maximum atomic E-state index is 8.29. The Kier molecular flexibility index (Phi) is 7.18. The van der Waals surface area contributed by atoms with Crippen LogP contribution in [0.2, 0.25) is 0 Å². The number of nitriles is 1. The highest BCUT2D eigenvalue weighted by Gasteiger charge is 2.13. The third-order valence-corrected chi connectivity index (χ3v) is 2.25. The molecule has 1 saturated heterocycles. The van der Waals surface area contributed by atoms with Crippen molar-refractivity contribution in [1.29, 1.82) is 5.26 Å². The second-order valence-corrected chi connectivity index (χ2v) is 3.54. The lowest BCUT2D eigenvalue weighted by atomic mass is 10.2. The van der Waals surface area contributed by atoms with Gasteiger partial charge in [-0.3, -0.25) is 0 Å². The Morgan fingerprint density at radius 2 is 2.20 bits per heavy atom. The van der Waals surface area contributed by atoms with Crippen LogP contribution in [0.4, 0.5) is 0 Å². The fraction of sp³-hybridized carbons (Fsp3) is 0.909. The van der Waals surface area contributed by atoms with E-state index in [1.54, 1.807) is 0 Å². The summed E-state index contributed by atoms with van der Waals surface area (Å²) in [4.78, 5) is 0. The first-order valence-corrected chi connectivity index (χ1v) is 5.61. The SMILES string of the molecule is N#CCCCOCCOC1CCCCO1. The van der Waals surface area contributed by atoms with Gasteiger partial charge in [0.25, 0.3) is 0 Å². The molecule has 0 spiro atoms. The number of hydrogen-bond acceptors (Lipinski definition) is 4. The van der Waals surface area contributed by atoms with Gasteiger partial charge in [0.1, 0.15) is 0 Å². The van der Waals surface area contributed by atoms with Crippen molar-refractivity contribution in [3.8, 4) is 6.07 Å². The average molecular weight is 213 g/mol. The Morgan fingerprint density at radius 1 is 1.27 bits per heavy atom. The largest absolute Gasteiger partial charge is 0.379 e. The second-order valence-electron chi connectivity index (χ2n) is 3.54. The minimum Gasteiger partial charge on any atom is -0.379 e. The molecule has 1 heterocycles. The molecule has 0 saturated carbocycles. The zero-order chi connectivity index (χ0) is 10.8. The molecule has 0 aliphatic carbocycles. The molecule has 0 bridgehead atoms. The highest BCUT2D eigenvalue weighted by atomic mass is 16.7. The first kappa shape index (κ1) is 12.4. The van der Waals surface area contributed by atoms with Gasteiger partial charge in [-0.05, 0) is 25.7 Å². The van der Waals surface area contributed by atoms with Crippen molar-refractivity contribution in [1.82, 2.24) is 0 Å². The zero-order valence-electron chi connectivity index (χ0n) is 9.11. The first-order chi connectivity index (χ1) is 7.43. The van der Waals surface area contributed by atoms with Gasteiger partial charge in [-0.15, -0.1) is 0 Å². The molecule has 4 heteroatoms. The van der Waals surface area contributed by atoms with E-state index < -0.39 is 0 Å². The minimum absolute atomic E-state index is 0.0264. The normalized spacial score (nSPS) is 21.1. The van der Waals surface area contributed by atoms with E-state index in [0.717, 1.165) is 25.9 Å². The van der Waals surface area contributed by atoms with Gasteiger partial charge < -0.3 is 14.2 Å². The van der Waals surface area contributed by atoms with Gasteiger partial charge in [0.05, 0.1) is 19.3 Å². The lowest BCUT2D eigenvalue weighted by Crippen LogP contribution is -2.23. The summed E-state index contributed by atoms with van der Waals surface area (Å²) in [6.07, 6.45) is 4.66. The fourth-order valence-corrected chi connectivity index (χ4v) is 1.44. The topological polar surface area (TPSA) is 51.5 Å². The molecule has 1 aliphatic heterocycles. The van der Waals surface area contributed by atoms with Crippen molar-refractivity contribution in [3.63, 3.8) is 0 Å². The van der Waals surface area contributed by atoms with Crippen molar-refractivity contribution in [2.45, 2.75) is 38.4 Å². The summed E-state index contributed by atoms with van der Waals surface area (Å²) in [6.45, 7) is 2.62. The Balaban J connectivity index is 1.82. The van der Waals surface area contributed by atoms with Crippen LogP contribution in [0.5, 0.6) is 0 Å². The Morgan fingerprint density at radius 3 is 2.93 bits per heavy atom. The van der Waals surface area contributed by atoms with E-state index in [1.165, 1.54) is 6.42 Å². The quantitative estimate of drug-likeness (QED) is 0.606. The number of nitrogens with zero attached hydrogens (tertiary/aromatic N) is 1. The molecule has 15 heavy (non-hydrogen) atoms. The third kappa shape index (κ3) is 6.45. The van der Waals surface area contributed by atoms with Gasteiger partial charge in [0.15, 0.2) is 6.29 Å². The first-order valence-electron chi connectivity index (χ1n) is 5.61. The minimum atomic E-state index is -0.0264. The summed E-state index contributed by atoms with van der Waals surface area (Å²) < 4.78 is 16.2. The highest BCUT2D eigenvalue weighted by molar-refractivity contribution is 4.67. The van der Waals surface area contributed by atoms with Gasteiger partial charge in [-0.1, -0.05) is 0 Å². The van der Waals surface area contributed by atoms with Gasteiger partial charge in [-0.25, -0.2) is 0 Å². The molecule has 0 N–H and O–H groups in total. The Labute approximate surface area is 91.1 Å². The van der Waals surface area contributed by atoms with Crippen molar-refractivity contribution in [2.75, 3.05) is 26.4 Å². The molecular weight excluding hydrogens is 194 g/mol.